The number of nitrogens with one attached hydrogen (secondary N) is 1. The first kappa shape index (κ1) is 11.5. The van der Waals surface area contributed by atoms with Crippen LogP contribution in [0.4, 0.5) is 4.39 Å². The molecule has 0 bridgehead atoms. The Bertz CT molecular complexity index is 380. The fourth-order valence-electron chi connectivity index (χ4n) is 1.89. The van der Waals surface area contributed by atoms with Gasteiger partial charge < -0.3 is 14.6 Å². The monoisotopic (exact) mass is 229 g/mol. The Kier molecular flexibility index (Phi) is 2.71. The van der Waals surface area contributed by atoms with Crippen LogP contribution in [0.2, 0.25) is 0 Å². The number of hydrogen-bond donors (Lipinski definition) is 1. The Morgan fingerprint density at radius 2 is 2.25 bits per heavy atom. The molecule has 2 heterocycles. The van der Waals surface area contributed by atoms with Crippen molar-refractivity contribution in [3.05, 3.63) is 11.7 Å². The molecule has 1 saturated heterocycles. The van der Waals surface area contributed by atoms with Gasteiger partial charge in [0.1, 0.15) is 6.61 Å². The highest BCUT2D eigenvalue weighted by atomic mass is 19.1. The van der Waals surface area contributed by atoms with E-state index in [-0.39, 0.29) is 19.0 Å². The van der Waals surface area contributed by atoms with Crippen LogP contribution in [0.5, 0.6) is 0 Å². The molecule has 0 amide bonds. The van der Waals surface area contributed by atoms with Crippen LogP contribution in [0, 0.1) is 5.41 Å². The van der Waals surface area contributed by atoms with Crippen LogP contribution in [-0.2, 0) is 17.0 Å². The van der Waals surface area contributed by atoms with E-state index in [1.165, 1.54) is 7.11 Å². The number of methoxy groups -OCH3 is 1. The highest BCUT2D eigenvalue weighted by Crippen LogP contribution is 2.45. The fraction of sp³-hybridized carbons (Fsp3) is 0.800. The van der Waals surface area contributed by atoms with E-state index in [4.69, 9.17) is 9.26 Å². The Balaban J connectivity index is 2.28. The molecule has 1 aliphatic heterocycles. The first-order valence-corrected chi connectivity index (χ1v) is 5.21. The van der Waals surface area contributed by atoms with E-state index >= 15 is 0 Å². The maximum absolute atomic E-state index is 14.8. The summed E-state index contributed by atoms with van der Waals surface area (Å²) in [6, 6.07) is 0. The zero-order chi connectivity index (χ0) is 11.8. The molecule has 0 spiro atoms. The minimum Gasteiger partial charge on any atom is -0.377 e. The summed E-state index contributed by atoms with van der Waals surface area (Å²) in [5.74, 6) is 0.409. The van der Waals surface area contributed by atoms with E-state index in [2.05, 4.69) is 15.5 Å². The van der Waals surface area contributed by atoms with Gasteiger partial charge in [-0.05, 0) is 0 Å². The van der Waals surface area contributed by atoms with E-state index in [1.807, 2.05) is 13.8 Å². The van der Waals surface area contributed by atoms with Crippen molar-refractivity contribution >= 4 is 0 Å². The van der Waals surface area contributed by atoms with Crippen molar-refractivity contribution in [3.8, 4) is 0 Å². The normalized spacial score (nSPS) is 28.5. The number of hydrogen-bond acceptors (Lipinski definition) is 5. The van der Waals surface area contributed by atoms with Crippen LogP contribution in [0.1, 0.15) is 25.6 Å². The van der Waals surface area contributed by atoms with Crippen molar-refractivity contribution in [2.24, 2.45) is 5.41 Å². The molecule has 0 aromatic carbocycles. The molecule has 0 aliphatic carbocycles. The van der Waals surface area contributed by atoms with Gasteiger partial charge in [0.05, 0.1) is 0 Å². The summed E-state index contributed by atoms with van der Waals surface area (Å²) in [7, 11) is 1.53. The third kappa shape index (κ3) is 1.62. The van der Waals surface area contributed by atoms with Gasteiger partial charge in [-0.1, -0.05) is 19.0 Å². The van der Waals surface area contributed by atoms with Crippen LogP contribution in [0.25, 0.3) is 0 Å². The predicted octanol–water partition coefficient (Wildman–Crippen LogP) is 1.01. The van der Waals surface area contributed by atoms with Gasteiger partial charge in [0.25, 0.3) is 5.89 Å². The van der Waals surface area contributed by atoms with E-state index in [0.29, 0.717) is 12.4 Å². The third-order valence-electron chi connectivity index (χ3n) is 3.09. The number of rotatable bonds is 3. The van der Waals surface area contributed by atoms with Crippen LogP contribution in [0.3, 0.4) is 0 Å². The van der Waals surface area contributed by atoms with Crippen molar-refractivity contribution in [2.45, 2.75) is 26.1 Å². The molecule has 16 heavy (non-hydrogen) atoms. The second-order valence-corrected chi connectivity index (χ2v) is 4.74. The maximum Gasteiger partial charge on any atom is 0.266 e. The molecule has 2 rings (SSSR count). The summed E-state index contributed by atoms with van der Waals surface area (Å²) in [5, 5.41) is 6.69. The van der Waals surface area contributed by atoms with Crippen molar-refractivity contribution in [3.63, 3.8) is 0 Å². The van der Waals surface area contributed by atoms with Gasteiger partial charge in [0.2, 0.25) is 5.67 Å². The van der Waals surface area contributed by atoms with Crippen LogP contribution < -0.4 is 5.32 Å². The van der Waals surface area contributed by atoms with E-state index in [0.717, 1.165) is 0 Å². The maximum atomic E-state index is 14.8. The number of aromatic nitrogens is 2. The van der Waals surface area contributed by atoms with Gasteiger partial charge in [-0.15, -0.1) is 0 Å². The van der Waals surface area contributed by atoms with E-state index in [9.17, 15) is 4.39 Å². The van der Waals surface area contributed by atoms with Gasteiger partial charge >= 0.3 is 0 Å². The molecular weight excluding hydrogens is 213 g/mol. The zero-order valence-corrected chi connectivity index (χ0v) is 9.71. The third-order valence-corrected chi connectivity index (χ3v) is 3.09. The smallest absolute Gasteiger partial charge is 0.266 e. The molecule has 1 N–H and O–H groups in total. The quantitative estimate of drug-likeness (QED) is 0.838. The highest BCUT2D eigenvalue weighted by molar-refractivity contribution is 5.11. The van der Waals surface area contributed by atoms with Crippen molar-refractivity contribution in [1.82, 2.24) is 15.5 Å². The van der Waals surface area contributed by atoms with Crippen molar-refractivity contribution < 1.29 is 13.7 Å². The zero-order valence-electron chi connectivity index (χ0n) is 9.71. The SMILES string of the molecule is COCc1noc(C2(F)CNCC2(C)C)n1. The number of nitrogens with zero attached hydrogens (tertiary/aromatic N) is 2. The highest BCUT2D eigenvalue weighted by Gasteiger charge is 2.55. The van der Waals surface area contributed by atoms with Crippen LogP contribution in [-0.4, -0.2) is 30.3 Å². The molecule has 1 aromatic rings. The van der Waals surface area contributed by atoms with E-state index in [1.54, 1.807) is 0 Å². The number of ether oxygens (including phenoxy) is 1. The lowest BCUT2D eigenvalue weighted by molar-refractivity contribution is 0.0291. The summed E-state index contributed by atoms with van der Waals surface area (Å²) in [5.41, 5.74) is -2.16. The van der Waals surface area contributed by atoms with Crippen LogP contribution >= 0.6 is 0 Å². The topological polar surface area (TPSA) is 60.2 Å². The molecular formula is C10H16FN3O2. The molecule has 1 atom stereocenters. The average molecular weight is 229 g/mol. The van der Waals surface area contributed by atoms with Crippen molar-refractivity contribution in [1.29, 1.82) is 0 Å². The lowest BCUT2D eigenvalue weighted by Gasteiger charge is -2.29. The Morgan fingerprint density at radius 3 is 2.81 bits per heavy atom. The second-order valence-electron chi connectivity index (χ2n) is 4.74. The van der Waals surface area contributed by atoms with Gasteiger partial charge in [-0.25, -0.2) is 4.39 Å². The second kappa shape index (κ2) is 3.78. The minimum atomic E-state index is -1.61. The standard InChI is InChI=1S/C10H16FN3O2/c1-9(2)5-12-6-10(9,11)8-13-7(4-15-3)14-16-8/h12H,4-6H2,1-3H3. The van der Waals surface area contributed by atoms with Crippen LogP contribution in [0.15, 0.2) is 4.52 Å². The average Bonchev–Trinajstić information content (AvgIpc) is 2.75. The first-order chi connectivity index (χ1) is 7.49. The molecule has 90 valence electrons. The van der Waals surface area contributed by atoms with Crippen molar-refractivity contribution in [2.75, 3.05) is 20.2 Å². The summed E-state index contributed by atoms with van der Waals surface area (Å²) >= 11 is 0. The summed E-state index contributed by atoms with van der Waals surface area (Å²) in [6.07, 6.45) is 0. The summed E-state index contributed by atoms with van der Waals surface area (Å²) in [4.78, 5) is 4.03. The molecule has 1 fully saturated rings. The Hall–Kier alpha value is -1.01. The minimum absolute atomic E-state index is 0.0366. The fourth-order valence-corrected chi connectivity index (χ4v) is 1.89. The molecule has 1 aliphatic rings. The summed E-state index contributed by atoms with van der Waals surface area (Å²) < 4.78 is 24.6. The molecule has 6 heteroatoms. The van der Waals surface area contributed by atoms with Gasteiger partial charge in [0, 0.05) is 25.6 Å². The van der Waals surface area contributed by atoms with E-state index < -0.39 is 11.1 Å². The Morgan fingerprint density at radius 1 is 1.50 bits per heavy atom. The molecule has 1 aromatic heterocycles. The lowest BCUT2D eigenvalue weighted by Crippen LogP contribution is -2.37. The molecule has 1 unspecified atom stereocenters. The van der Waals surface area contributed by atoms with Gasteiger partial charge in [-0.3, -0.25) is 0 Å². The largest absolute Gasteiger partial charge is 0.377 e. The Labute approximate surface area is 93.4 Å². The number of alkyl halides is 1. The number of halogens is 1. The molecule has 5 nitrogen and oxygen atoms in total. The molecule has 0 radical (unpaired) electrons. The summed E-state index contributed by atoms with van der Waals surface area (Å²) in [6.45, 7) is 4.70. The first-order valence-electron chi connectivity index (χ1n) is 5.21. The molecule has 0 saturated carbocycles. The van der Waals surface area contributed by atoms with Gasteiger partial charge in [-0.2, -0.15) is 4.98 Å². The lowest BCUT2D eigenvalue weighted by atomic mass is 9.79. The van der Waals surface area contributed by atoms with Gasteiger partial charge in [0.15, 0.2) is 5.82 Å². The predicted molar refractivity (Wildman–Crippen MR) is 54.4 cm³/mol.